The van der Waals surface area contributed by atoms with Crippen LogP contribution in [-0.4, -0.2) is 19.7 Å². The van der Waals surface area contributed by atoms with Crippen LogP contribution in [0.3, 0.4) is 0 Å². The Bertz CT molecular complexity index is 832. The number of nitriles is 1. The number of esters is 1. The van der Waals surface area contributed by atoms with Crippen LogP contribution >= 0.6 is 0 Å². The van der Waals surface area contributed by atoms with E-state index in [1.165, 1.54) is 0 Å². The summed E-state index contributed by atoms with van der Waals surface area (Å²) >= 11 is 0. The van der Waals surface area contributed by atoms with Crippen molar-refractivity contribution in [2.45, 2.75) is 33.1 Å². The van der Waals surface area contributed by atoms with Crippen molar-refractivity contribution in [1.29, 1.82) is 5.26 Å². The van der Waals surface area contributed by atoms with Gasteiger partial charge in [-0.3, -0.25) is 4.79 Å². The zero-order valence-electron chi connectivity index (χ0n) is 15.3. The van der Waals surface area contributed by atoms with Gasteiger partial charge in [0, 0.05) is 5.56 Å². The van der Waals surface area contributed by atoms with Gasteiger partial charge in [0.15, 0.2) is 0 Å². The highest BCUT2D eigenvalue weighted by atomic mass is 16.5. The summed E-state index contributed by atoms with van der Waals surface area (Å²) in [4.78, 5) is 12.3. The Morgan fingerprint density at radius 3 is 2.56 bits per heavy atom. The maximum absolute atomic E-state index is 12.3. The number of ether oxygens (including phenoxy) is 2. The van der Waals surface area contributed by atoms with Crippen LogP contribution in [0.25, 0.3) is 11.1 Å². The fourth-order valence-electron chi connectivity index (χ4n) is 2.82. The molecule has 0 unspecified atom stereocenters. The van der Waals surface area contributed by atoms with Gasteiger partial charge in [0.1, 0.15) is 5.75 Å². The van der Waals surface area contributed by atoms with Gasteiger partial charge in [0.05, 0.1) is 30.8 Å². The van der Waals surface area contributed by atoms with Crippen molar-refractivity contribution in [2.75, 3.05) is 13.7 Å². The van der Waals surface area contributed by atoms with E-state index in [4.69, 9.17) is 14.7 Å². The molecule has 0 radical (unpaired) electrons. The van der Waals surface area contributed by atoms with Crippen molar-refractivity contribution in [3.8, 4) is 22.9 Å². The van der Waals surface area contributed by atoms with Crippen LogP contribution in [0.1, 0.15) is 37.5 Å². The third-order valence-electron chi connectivity index (χ3n) is 4.31. The van der Waals surface area contributed by atoms with E-state index in [1.807, 2.05) is 51.1 Å². The van der Waals surface area contributed by atoms with Crippen molar-refractivity contribution >= 4 is 5.97 Å². The number of carbonyl (C=O) groups excluding carboxylic acids is 1. The number of nitrogens with zero attached hydrogens (tertiary/aromatic N) is 1. The zero-order valence-corrected chi connectivity index (χ0v) is 15.3. The molecule has 2 aromatic carbocycles. The van der Waals surface area contributed by atoms with Crippen LogP contribution in [-0.2, 0) is 14.9 Å². The number of carbonyl (C=O) groups is 1. The molecule has 0 aromatic heterocycles. The van der Waals surface area contributed by atoms with E-state index in [0.29, 0.717) is 17.9 Å². The predicted octanol–water partition coefficient (Wildman–Crippen LogP) is 4.38. The molecule has 0 fully saturated rings. The molecule has 0 saturated carbocycles. The molecule has 4 heteroatoms. The van der Waals surface area contributed by atoms with Crippen LogP contribution < -0.4 is 4.74 Å². The minimum Gasteiger partial charge on any atom is -0.496 e. The zero-order chi connectivity index (χ0) is 18.6. The van der Waals surface area contributed by atoms with Crippen molar-refractivity contribution in [2.24, 2.45) is 0 Å². The summed E-state index contributed by atoms with van der Waals surface area (Å²) < 4.78 is 10.8. The second kappa shape index (κ2) is 7.40. The van der Waals surface area contributed by atoms with Crippen molar-refractivity contribution in [1.82, 2.24) is 0 Å². The third kappa shape index (κ3) is 3.66. The standard InChI is InChI=1S/C21H23NO3/c1-6-25-20(23)21(3,4)17-10-14(2)19(18(12-17)24-5)16-9-7-8-15(11-16)13-22/h7-12H,6H2,1-5H3. The van der Waals surface area contributed by atoms with Crippen molar-refractivity contribution in [3.63, 3.8) is 0 Å². The van der Waals surface area contributed by atoms with Crippen LogP contribution in [0, 0.1) is 18.3 Å². The Morgan fingerprint density at radius 2 is 1.96 bits per heavy atom. The van der Waals surface area contributed by atoms with Gasteiger partial charge in [0.2, 0.25) is 0 Å². The molecule has 0 aliphatic rings. The van der Waals surface area contributed by atoms with Gasteiger partial charge in [-0.2, -0.15) is 5.26 Å². The summed E-state index contributed by atoms with van der Waals surface area (Å²) in [6.45, 7) is 7.80. The van der Waals surface area contributed by atoms with Gasteiger partial charge in [0.25, 0.3) is 0 Å². The first-order valence-corrected chi connectivity index (χ1v) is 8.22. The average molecular weight is 337 g/mol. The molecule has 0 atom stereocenters. The van der Waals surface area contributed by atoms with Gasteiger partial charge in [-0.25, -0.2) is 0 Å². The Morgan fingerprint density at radius 1 is 1.24 bits per heavy atom. The lowest BCUT2D eigenvalue weighted by Gasteiger charge is -2.25. The summed E-state index contributed by atoms with van der Waals surface area (Å²) in [5, 5.41) is 9.13. The number of hydrogen-bond acceptors (Lipinski definition) is 4. The number of hydrogen-bond donors (Lipinski definition) is 0. The van der Waals surface area contributed by atoms with E-state index >= 15 is 0 Å². The minimum atomic E-state index is -0.777. The van der Waals surface area contributed by atoms with Gasteiger partial charge in [-0.15, -0.1) is 0 Å². The second-order valence-electron chi connectivity index (χ2n) is 6.41. The molecule has 0 aliphatic heterocycles. The summed E-state index contributed by atoms with van der Waals surface area (Å²) in [5.74, 6) is 0.401. The van der Waals surface area contributed by atoms with Crippen molar-refractivity contribution in [3.05, 3.63) is 53.1 Å². The molecule has 0 amide bonds. The first kappa shape index (κ1) is 18.5. The molecule has 4 nitrogen and oxygen atoms in total. The SMILES string of the molecule is CCOC(=O)C(C)(C)c1cc(C)c(-c2cccc(C#N)c2)c(OC)c1. The molecule has 0 saturated heterocycles. The van der Waals surface area contributed by atoms with Gasteiger partial charge < -0.3 is 9.47 Å². The largest absolute Gasteiger partial charge is 0.496 e. The Hall–Kier alpha value is -2.80. The van der Waals surface area contributed by atoms with Crippen LogP contribution in [0.15, 0.2) is 36.4 Å². The van der Waals surface area contributed by atoms with Gasteiger partial charge in [-0.05, 0) is 62.6 Å². The van der Waals surface area contributed by atoms with E-state index in [9.17, 15) is 4.79 Å². The molecule has 130 valence electrons. The Balaban J connectivity index is 2.59. The van der Waals surface area contributed by atoms with Gasteiger partial charge in [-0.1, -0.05) is 18.2 Å². The molecule has 0 spiro atoms. The minimum absolute atomic E-state index is 0.268. The molecular weight excluding hydrogens is 314 g/mol. The molecular formula is C21H23NO3. The second-order valence-corrected chi connectivity index (χ2v) is 6.41. The maximum Gasteiger partial charge on any atom is 0.315 e. The lowest BCUT2D eigenvalue weighted by Crippen LogP contribution is -2.31. The molecule has 25 heavy (non-hydrogen) atoms. The van der Waals surface area contributed by atoms with Crippen LogP contribution in [0.4, 0.5) is 0 Å². The number of methoxy groups -OCH3 is 1. The first-order chi connectivity index (χ1) is 11.8. The van der Waals surface area contributed by atoms with Crippen molar-refractivity contribution < 1.29 is 14.3 Å². The summed E-state index contributed by atoms with van der Waals surface area (Å²) in [6, 6.07) is 13.4. The molecule has 0 aliphatic carbocycles. The Kier molecular flexibility index (Phi) is 5.48. The normalized spacial score (nSPS) is 10.9. The molecule has 0 heterocycles. The lowest BCUT2D eigenvalue weighted by molar-refractivity contribution is -0.148. The van der Waals surface area contributed by atoms with Crippen LogP contribution in [0.5, 0.6) is 5.75 Å². The first-order valence-electron chi connectivity index (χ1n) is 8.22. The molecule has 2 aromatic rings. The van der Waals surface area contributed by atoms with E-state index in [0.717, 1.165) is 22.3 Å². The quantitative estimate of drug-likeness (QED) is 0.760. The number of aryl methyl sites for hydroxylation is 1. The van der Waals surface area contributed by atoms with E-state index in [1.54, 1.807) is 20.1 Å². The lowest BCUT2D eigenvalue weighted by atomic mass is 9.82. The summed E-state index contributed by atoms with van der Waals surface area (Å²) in [7, 11) is 1.60. The highest BCUT2D eigenvalue weighted by molar-refractivity contribution is 5.84. The van der Waals surface area contributed by atoms with E-state index in [2.05, 4.69) is 6.07 Å². The monoisotopic (exact) mass is 337 g/mol. The number of rotatable bonds is 5. The average Bonchev–Trinajstić information content (AvgIpc) is 2.61. The molecule has 2 rings (SSSR count). The Labute approximate surface area is 149 Å². The topological polar surface area (TPSA) is 59.3 Å². The molecule has 0 N–H and O–H groups in total. The summed E-state index contributed by atoms with van der Waals surface area (Å²) in [5.41, 5.74) is 3.45. The predicted molar refractivity (Wildman–Crippen MR) is 97.5 cm³/mol. The maximum atomic E-state index is 12.3. The highest BCUT2D eigenvalue weighted by Gasteiger charge is 2.32. The fraction of sp³-hybridized carbons (Fsp3) is 0.333. The van der Waals surface area contributed by atoms with E-state index in [-0.39, 0.29) is 5.97 Å². The third-order valence-corrected chi connectivity index (χ3v) is 4.31. The van der Waals surface area contributed by atoms with Crippen LogP contribution in [0.2, 0.25) is 0 Å². The molecule has 0 bridgehead atoms. The fourth-order valence-corrected chi connectivity index (χ4v) is 2.82. The van der Waals surface area contributed by atoms with E-state index < -0.39 is 5.41 Å². The number of benzene rings is 2. The highest BCUT2D eigenvalue weighted by Crippen LogP contribution is 2.38. The van der Waals surface area contributed by atoms with Gasteiger partial charge >= 0.3 is 5.97 Å². The smallest absolute Gasteiger partial charge is 0.315 e. The summed E-state index contributed by atoms with van der Waals surface area (Å²) in [6.07, 6.45) is 0.